The molecular formula is C31H31F3N2O5. The molecule has 7 nitrogen and oxygen atoms in total. The van der Waals surface area contributed by atoms with E-state index in [-0.39, 0.29) is 55.9 Å². The first-order valence-electron chi connectivity index (χ1n) is 13.4. The predicted molar refractivity (Wildman–Crippen MR) is 145 cm³/mol. The van der Waals surface area contributed by atoms with Crippen LogP contribution in [0.15, 0.2) is 54.6 Å². The van der Waals surface area contributed by atoms with Crippen LogP contribution >= 0.6 is 0 Å². The van der Waals surface area contributed by atoms with E-state index in [4.69, 9.17) is 14.2 Å². The smallest absolute Gasteiger partial charge is 0.260 e. The molecule has 0 saturated carbocycles. The first-order valence-corrected chi connectivity index (χ1v) is 13.4. The van der Waals surface area contributed by atoms with E-state index in [1.165, 1.54) is 31.3 Å². The molecule has 1 unspecified atom stereocenters. The lowest BCUT2D eigenvalue weighted by atomic mass is 9.97. The van der Waals surface area contributed by atoms with Crippen molar-refractivity contribution < 1.29 is 37.0 Å². The highest BCUT2D eigenvalue weighted by Gasteiger charge is 2.46. The molecule has 41 heavy (non-hydrogen) atoms. The van der Waals surface area contributed by atoms with E-state index < -0.39 is 28.7 Å². The maximum absolute atomic E-state index is 15.0. The maximum atomic E-state index is 15.0. The number of hydrogen-bond donors (Lipinski definition) is 0. The Morgan fingerprint density at radius 1 is 0.878 bits per heavy atom. The quantitative estimate of drug-likeness (QED) is 0.423. The first kappa shape index (κ1) is 28.5. The zero-order valence-corrected chi connectivity index (χ0v) is 22.9. The molecule has 2 heterocycles. The Bertz CT molecular complexity index is 1420. The topological polar surface area (TPSA) is 68.3 Å². The Morgan fingerprint density at radius 2 is 1.51 bits per heavy atom. The number of carbonyl (C=O) groups is 2. The van der Waals surface area contributed by atoms with E-state index in [1.807, 2.05) is 24.3 Å². The zero-order valence-electron chi connectivity index (χ0n) is 22.9. The second kappa shape index (κ2) is 11.8. The summed E-state index contributed by atoms with van der Waals surface area (Å²) in [5, 5.41) is 0. The lowest BCUT2D eigenvalue weighted by molar-refractivity contribution is -0.133. The van der Waals surface area contributed by atoms with Crippen molar-refractivity contribution in [3.63, 3.8) is 0 Å². The van der Waals surface area contributed by atoms with Crippen LogP contribution in [-0.2, 0) is 22.4 Å². The molecule has 10 heteroatoms. The van der Waals surface area contributed by atoms with Crippen molar-refractivity contribution >= 4 is 11.8 Å². The van der Waals surface area contributed by atoms with Crippen LogP contribution in [0.1, 0.15) is 33.5 Å². The molecule has 3 aromatic rings. The molecule has 5 rings (SSSR count). The molecule has 2 aliphatic heterocycles. The minimum atomic E-state index is -1.10. The third-order valence-corrected chi connectivity index (χ3v) is 7.76. The standard InChI is InChI=1S/C31H31F3N2O5/c1-39-24-17-25(40-2)29(34)27(28(24)33)30(38)36-13-14-41-31(19-36)11-12-35(18-31)26(37)16-22-6-4-3-5-21(22)15-20-7-9-23(32)10-8-20/h3-10,17H,11-16,18-19H2,1-2H3. The summed E-state index contributed by atoms with van der Waals surface area (Å²) in [6.07, 6.45) is 1.22. The molecule has 0 bridgehead atoms. The van der Waals surface area contributed by atoms with Crippen LogP contribution in [0.3, 0.4) is 0 Å². The summed E-state index contributed by atoms with van der Waals surface area (Å²) in [6, 6.07) is 15.0. The summed E-state index contributed by atoms with van der Waals surface area (Å²) >= 11 is 0. The number of amides is 2. The third-order valence-electron chi connectivity index (χ3n) is 7.76. The van der Waals surface area contributed by atoms with E-state index in [9.17, 15) is 14.0 Å². The number of carbonyl (C=O) groups excluding carboxylic acids is 2. The van der Waals surface area contributed by atoms with Gasteiger partial charge in [0.25, 0.3) is 5.91 Å². The highest BCUT2D eigenvalue weighted by Crippen LogP contribution is 2.35. The van der Waals surface area contributed by atoms with Gasteiger partial charge in [-0.25, -0.2) is 13.2 Å². The molecular weight excluding hydrogens is 537 g/mol. The van der Waals surface area contributed by atoms with Gasteiger partial charge in [-0.3, -0.25) is 9.59 Å². The van der Waals surface area contributed by atoms with Crippen LogP contribution in [0.25, 0.3) is 0 Å². The Labute approximate surface area is 236 Å². The van der Waals surface area contributed by atoms with Crippen LogP contribution in [-0.4, -0.2) is 74.2 Å². The summed E-state index contributed by atoms with van der Waals surface area (Å²) < 4.78 is 59.4. The normalized spacial score (nSPS) is 18.6. The molecule has 2 aliphatic rings. The number of rotatable bonds is 7. The summed E-state index contributed by atoms with van der Waals surface area (Å²) in [5.41, 5.74) is 1.20. The van der Waals surface area contributed by atoms with Gasteiger partial charge in [-0.2, -0.15) is 0 Å². The summed E-state index contributed by atoms with van der Waals surface area (Å²) in [7, 11) is 2.44. The van der Waals surface area contributed by atoms with Gasteiger partial charge in [-0.05, 0) is 41.7 Å². The molecule has 1 spiro atoms. The highest BCUT2D eigenvalue weighted by atomic mass is 19.1. The number of methoxy groups -OCH3 is 2. The minimum Gasteiger partial charge on any atom is -0.494 e. The average Bonchev–Trinajstić information content (AvgIpc) is 3.38. The Balaban J connectivity index is 1.28. The van der Waals surface area contributed by atoms with Crippen molar-refractivity contribution in [2.75, 3.05) is 47.0 Å². The van der Waals surface area contributed by atoms with Crippen LogP contribution in [0.5, 0.6) is 11.5 Å². The van der Waals surface area contributed by atoms with E-state index in [0.717, 1.165) is 22.8 Å². The van der Waals surface area contributed by atoms with E-state index in [0.29, 0.717) is 19.4 Å². The Hall–Kier alpha value is -4.05. The maximum Gasteiger partial charge on any atom is 0.260 e. The third kappa shape index (κ3) is 5.88. The molecule has 0 aliphatic carbocycles. The van der Waals surface area contributed by atoms with Gasteiger partial charge in [-0.15, -0.1) is 0 Å². The van der Waals surface area contributed by atoms with Crippen molar-refractivity contribution in [2.24, 2.45) is 0 Å². The van der Waals surface area contributed by atoms with E-state index in [1.54, 1.807) is 17.0 Å². The first-order chi connectivity index (χ1) is 19.7. The minimum absolute atomic E-state index is 0.0785. The van der Waals surface area contributed by atoms with Gasteiger partial charge in [0.2, 0.25) is 5.91 Å². The molecule has 0 radical (unpaired) electrons. The van der Waals surface area contributed by atoms with Gasteiger partial charge in [0, 0.05) is 19.2 Å². The second-order valence-corrected chi connectivity index (χ2v) is 10.4. The van der Waals surface area contributed by atoms with Crippen molar-refractivity contribution in [1.29, 1.82) is 0 Å². The van der Waals surface area contributed by atoms with Gasteiger partial charge in [0.15, 0.2) is 23.1 Å². The molecule has 2 saturated heterocycles. The molecule has 1 atom stereocenters. The van der Waals surface area contributed by atoms with Gasteiger partial charge in [0.05, 0.1) is 40.3 Å². The van der Waals surface area contributed by atoms with E-state index >= 15 is 8.78 Å². The monoisotopic (exact) mass is 568 g/mol. The number of morpholine rings is 1. The van der Waals surface area contributed by atoms with Gasteiger partial charge >= 0.3 is 0 Å². The Kier molecular flexibility index (Phi) is 8.21. The van der Waals surface area contributed by atoms with Crippen molar-refractivity contribution in [3.8, 4) is 11.5 Å². The number of benzene rings is 3. The lowest BCUT2D eigenvalue weighted by Gasteiger charge is -2.40. The van der Waals surface area contributed by atoms with Crippen LogP contribution < -0.4 is 9.47 Å². The second-order valence-electron chi connectivity index (χ2n) is 10.4. The highest BCUT2D eigenvalue weighted by molar-refractivity contribution is 5.96. The van der Waals surface area contributed by atoms with Crippen molar-refractivity contribution in [3.05, 3.63) is 94.3 Å². The molecule has 2 amide bonds. The number of hydrogen-bond acceptors (Lipinski definition) is 5. The molecule has 2 fully saturated rings. The fourth-order valence-electron chi connectivity index (χ4n) is 5.55. The number of halogens is 3. The summed E-state index contributed by atoms with van der Waals surface area (Å²) in [5.74, 6) is -4.02. The van der Waals surface area contributed by atoms with Crippen molar-refractivity contribution in [1.82, 2.24) is 9.80 Å². The summed E-state index contributed by atoms with van der Waals surface area (Å²) in [6.45, 7) is 1.07. The van der Waals surface area contributed by atoms with Crippen molar-refractivity contribution in [2.45, 2.75) is 24.9 Å². The van der Waals surface area contributed by atoms with Crippen LogP contribution in [0, 0.1) is 17.5 Å². The fourth-order valence-corrected chi connectivity index (χ4v) is 5.55. The average molecular weight is 569 g/mol. The van der Waals surface area contributed by atoms with Crippen LogP contribution in [0.4, 0.5) is 13.2 Å². The van der Waals surface area contributed by atoms with Gasteiger partial charge < -0.3 is 24.0 Å². The largest absolute Gasteiger partial charge is 0.494 e. The molecule has 0 N–H and O–H groups in total. The number of ether oxygens (including phenoxy) is 3. The Morgan fingerprint density at radius 3 is 2.17 bits per heavy atom. The van der Waals surface area contributed by atoms with Crippen LogP contribution in [0.2, 0.25) is 0 Å². The molecule has 0 aromatic heterocycles. The number of nitrogens with zero attached hydrogens (tertiary/aromatic N) is 2. The predicted octanol–water partition coefficient (Wildman–Crippen LogP) is 4.40. The number of likely N-dealkylation sites (tertiary alicyclic amines) is 1. The zero-order chi connectivity index (χ0) is 29.1. The molecule has 3 aromatic carbocycles. The summed E-state index contributed by atoms with van der Waals surface area (Å²) in [4.78, 5) is 29.8. The fraction of sp³-hybridized carbons (Fsp3) is 0.355. The molecule has 216 valence electrons. The van der Waals surface area contributed by atoms with E-state index in [2.05, 4.69) is 0 Å². The lowest BCUT2D eigenvalue weighted by Crippen LogP contribution is -2.55. The SMILES string of the molecule is COc1cc(OC)c(F)c(C(=O)N2CCOC3(CCN(C(=O)Cc4ccccc4Cc4ccc(F)cc4)C3)C2)c1F. The van der Waals surface area contributed by atoms with Gasteiger partial charge in [-0.1, -0.05) is 36.4 Å². The van der Waals surface area contributed by atoms with Gasteiger partial charge in [0.1, 0.15) is 17.0 Å².